The molecule has 0 bridgehead atoms. The molecule has 1 aliphatic rings. The molecule has 6 heteroatoms. The summed E-state index contributed by atoms with van der Waals surface area (Å²) in [5.41, 5.74) is -0.882. The van der Waals surface area contributed by atoms with E-state index < -0.39 is 17.2 Å². The van der Waals surface area contributed by atoms with Crippen LogP contribution in [0.25, 0.3) is 0 Å². The van der Waals surface area contributed by atoms with E-state index in [4.69, 9.17) is 16.3 Å². The number of hydrogen-bond donors (Lipinski definition) is 2. The Hall–Kier alpha value is -1.75. The summed E-state index contributed by atoms with van der Waals surface area (Å²) in [6, 6.07) is 6.91. The number of halogens is 1. The van der Waals surface area contributed by atoms with Crippen LogP contribution in [0.1, 0.15) is 52.9 Å². The minimum absolute atomic E-state index is 0.213. The number of carbonyl (C=O) groups excluding carboxylic acids is 2. The van der Waals surface area contributed by atoms with Crippen LogP contribution in [0.5, 0.6) is 0 Å². The van der Waals surface area contributed by atoms with E-state index >= 15 is 0 Å². The minimum atomic E-state index is -0.930. The molecule has 132 valence electrons. The van der Waals surface area contributed by atoms with E-state index in [1.165, 1.54) is 0 Å². The van der Waals surface area contributed by atoms with E-state index in [0.717, 1.165) is 19.3 Å². The van der Waals surface area contributed by atoms with Gasteiger partial charge < -0.3 is 15.4 Å². The number of benzene rings is 1. The van der Waals surface area contributed by atoms with Crippen molar-refractivity contribution < 1.29 is 14.3 Å². The van der Waals surface area contributed by atoms with Crippen molar-refractivity contribution in [3.8, 4) is 0 Å². The Morgan fingerprint density at radius 1 is 1.08 bits per heavy atom. The molecule has 0 heterocycles. The molecule has 0 unspecified atom stereocenters. The highest BCUT2D eigenvalue weighted by atomic mass is 35.5. The molecule has 5 nitrogen and oxygen atoms in total. The van der Waals surface area contributed by atoms with Crippen molar-refractivity contribution in [2.45, 2.75) is 64.0 Å². The van der Waals surface area contributed by atoms with Crippen molar-refractivity contribution in [1.82, 2.24) is 5.32 Å². The molecule has 1 aromatic rings. The van der Waals surface area contributed by atoms with Gasteiger partial charge >= 0.3 is 6.09 Å². The molecule has 0 aromatic heterocycles. The second-order valence-corrected chi connectivity index (χ2v) is 7.67. The van der Waals surface area contributed by atoms with Gasteiger partial charge in [-0.2, -0.15) is 0 Å². The lowest BCUT2D eigenvalue weighted by Gasteiger charge is -2.37. The van der Waals surface area contributed by atoms with Crippen LogP contribution in [0.3, 0.4) is 0 Å². The third-order valence-corrected chi connectivity index (χ3v) is 4.24. The predicted molar refractivity (Wildman–Crippen MR) is 95.3 cm³/mol. The first-order chi connectivity index (χ1) is 11.2. The van der Waals surface area contributed by atoms with Gasteiger partial charge in [0.2, 0.25) is 5.91 Å². The molecule has 24 heavy (non-hydrogen) atoms. The van der Waals surface area contributed by atoms with E-state index in [1.807, 2.05) is 0 Å². The monoisotopic (exact) mass is 352 g/mol. The highest BCUT2D eigenvalue weighted by Gasteiger charge is 2.42. The van der Waals surface area contributed by atoms with Crippen LogP contribution in [0.15, 0.2) is 24.3 Å². The molecule has 1 saturated carbocycles. The Kier molecular flexibility index (Phi) is 5.75. The first kappa shape index (κ1) is 18.6. The van der Waals surface area contributed by atoms with Crippen LogP contribution in [0.2, 0.25) is 5.02 Å². The Morgan fingerprint density at radius 2 is 1.67 bits per heavy atom. The molecule has 0 radical (unpaired) electrons. The van der Waals surface area contributed by atoms with Gasteiger partial charge in [-0.15, -0.1) is 0 Å². The van der Waals surface area contributed by atoms with Crippen LogP contribution in [-0.4, -0.2) is 23.1 Å². The summed E-state index contributed by atoms with van der Waals surface area (Å²) in [6.45, 7) is 5.40. The number of ether oxygens (including phenoxy) is 1. The molecule has 1 aromatic carbocycles. The number of hydrogen-bond acceptors (Lipinski definition) is 3. The van der Waals surface area contributed by atoms with Gasteiger partial charge in [0.05, 0.1) is 0 Å². The van der Waals surface area contributed by atoms with Crippen molar-refractivity contribution in [3.05, 3.63) is 29.3 Å². The quantitative estimate of drug-likeness (QED) is 0.841. The predicted octanol–water partition coefficient (Wildman–Crippen LogP) is 4.51. The zero-order valence-electron chi connectivity index (χ0n) is 14.4. The zero-order chi connectivity index (χ0) is 17.8. The summed E-state index contributed by atoms with van der Waals surface area (Å²) < 4.78 is 5.33. The van der Waals surface area contributed by atoms with Gasteiger partial charge in [-0.25, -0.2) is 4.79 Å². The average Bonchev–Trinajstić information content (AvgIpc) is 2.48. The Labute approximate surface area is 148 Å². The molecule has 1 aliphatic carbocycles. The lowest BCUT2D eigenvalue weighted by Crippen LogP contribution is -2.58. The van der Waals surface area contributed by atoms with Crippen LogP contribution >= 0.6 is 11.6 Å². The van der Waals surface area contributed by atoms with E-state index in [2.05, 4.69) is 10.6 Å². The molecule has 1 fully saturated rings. The number of carbonyl (C=O) groups is 2. The van der Waals surface area contributed by atoms with Gasteiger partial charge in [0, 0.05) is 10.7 Å². The fourth-order valence-corrected chi connectivity index (χ4v) is 2.97. The van der Waals surface area contributed by atoms with Crippen LogP contribution in [-0.2, 0) is 9.53 Å². The number of amides is 2. The molecule has 0 atom stereocenters. The van der Waals surface area contributed by atoms with Crippen molar-refractivity contribution in [3.63, 3.8) is 0 Å². The Balaban J connectivity index is 2.12. The number of anilines is 1. The first-order valence-corrected chi connectivity index (χ1v) is 8.66. The Bertz CT molecular complexity index is 587. The standard InChI is InChI=1S/C18H25ClN2O3/c1-17(2,3)24-16(23)21-18(11-5-4-6-12-18)15(22)20-14-9-7-13(19)8-10-14/h7-10H,4-6,11-12H2,1-3H3,(H,20,22)(H,21,23). The van der Waals surface area contributed by atoms with Crippen LogP contribution < -0.4 is 10.6 Å². The molecule has 0 spiro atoms. The maximum absolute atomic E-state index is 12.9. The normalized spacial score (nSPS) is 17.0. The van der Waals surface area contributed by atoms with Gasteiger partial charge in [-0.05, 0) is 57.9 Å². The van der Waals surface area contributed by atoms with E-state index in [0.29, 0.717) is 23.6 Å². The molecule has 2 N–H and O–H groups in total. The highest BCUT2D eigenvalue weighted by molar-refractivity contribution is 6.30. The van der Waals surface area contributed by atoms with E-state index in [1.54, 1.807) is 45.0 Å². The smallest absolute Gasteiger partial charge is 0.408 e. The number of nitrogens with one attached hydrogen (secondary N) is 2. The summed E-state index contributed by atoms with van der Waals surface area (Å²) in [7, 11) is 0. The topological polar surface area (TPSA) is 67.4 Å². The van der Waals surface area contributed by atoms with Crippen molar-refractivity contribution >= 4 is 29.3 Å². The van der Waals surface area contributed by atoms with Crippen LogP contribution in [0.4, 0.5) is 10.5 Å². The van der Waals surface area contributed by atoms with Gasteiger partial charge in [0.15, 0.2) is 0 Å². The van der Waals surface area contributed by atoms with Crippen molar-refractivity contribution in [1.29, 1.82) is 0 Å². The highest BCUT2D eigenvalue weighted by Crippen LogP contribution is 2.30. The molecule has 0 aliphatic heterocycles. The summed E-state index contributed by atoms with van der Waals surface area (Å²) in [6.07, 6.45) is 3.49. The van der Waals surface area contributed by atoms with Gasteiger partial charge in [0.25, 0.3) is 0 Å². The SMILES string of the molecule is CC(C)(C)OC(=O)NC1(C(=O)Nc2ccc(Cl)cc2)CCCCC1. The second kappa shape index (κ2) is 7.43. The number of alkyl carbamates (subject to hydrolysis) is 1. The third-order valence-electron chi connectivity index (χ3n) is 3.98. The fourth-order valence-electron chi connectivity index (χ4n) is 2.85. The molecule has 0 saturated heterocycles. The maximum Gasteiger partial charge on any atom is 0.408 e. The largest absolute Gasteiger partial charge is 0.444 e. The average molecular weight is 353 g/mol. The first-order valence-electron chi connectivity index (χ1n) is 8.28. The summed E-state index contributed by atoms with van der Waals surface area (Å²) in [5, 5.41) is 6.31. The van der Waals surface area contributed by atoms with Crippen molar-refractivity contribution in [2.75, 3.05) is 5.32 Å². The van der Waals surface area contributed by atoms with Crippen LogP contribution in [0, 0.1) is 0 Å². The summed E-state index contributed by atoms with van der Waals surface area (Å²) in [5.74, 6) is -0.213. The minimum Gasteiger partial charge on any atom is -0.444 e. The third kappa shape index (κ3) is 5.13. The fraction of sp³-hybridized carbons (Fsp3) is 0.556. The molecular formula is C18H25ClN2O3. The van der Waals surface area contributed by atoms with Crippen molar-refractivity contribution in [2.24, 2.45) is 0 Å². The van der Waals surface area contributed by atoms with Gasteiger partial charge in [-0.3, -0.25) is 4.79 Å². The lowest BCUT2D eigenvalue weighted by atomic mass is 9.81. The van der Waals surface area contributed by atoms with E-state index in [9.17, 15) is 9.59 Å². The van der Waals surface area contributed by atoms with Gasteiger partial charge in [-0.1, -0.05) is 30.9 Å². The molecular weight excluding hydrogens is 328 g/mol. The second-order valence-electron chi connectivity index (χ2n) is 7.23. The van der Waals surface area contributed by atoms with E-state index in [-0.39, 0.29) is 5.91 Å². The lowest BCUT2D eigenvalue weighted by molar-refractivity contribution is -0.123. The molecule has 2 amide bonds. The molecule has 2 rings (SSSR count). The van der Waals surface area contributed by atoms with Gasteiger partial charge in [0.1, 0.15) is 11.1 Å². The Morgan fingerprint density at radius 3 is 2.21 bits per heavy atom. The summed E-state index contributed by atoms with van der Waals surface area (Å²) in [4.78, 5) is 25.1. The maximum atomic E-state index is 12.9. The summed E-state index contributed by atoms with van der Waals surface area (Å²) >= 11 is 5.87. The number of rotatable bonds is 3. The zero-order valence-corrected chi connectivity index (χ0v) is 15.2.